The summed E-state index contributed by atoms with van der Waals surface area (Å²) in [5.74, 6) is 0.887. The van der Waals surface area contributed by atoms with E-state index < -0.39 is 0 Å². The minimum Gasteiger partial charge on any atom is -0.497 e. The Bertz CT molecular complexity index is 849. The molecular formula is C16H15N5O3. The van der Waals surface area contributed by atoms with Gasteiger partial charge in [-0.25, -0.2) is 4.68 Å². The van der Waals surface area contributed by atoms with Crippen LogP contribution in [-0.4, -0.2) is 40.3 Å². The van der Waals surface area contributed by atoms with Gasteiger partial charge in [0.15, 0.2) is 0 Å². The molecule has 2 aromatic carbocycles. The highest BCUT2D eigenvalue weighted by Crippen LogP contribution is 2.29. The average molecular weight is 325 g/mol. The van der Waals surface area contributed by atoms with E-state index in [0.29, 0.717) is 28.4 Å². The van der Waals surface area contributed by atoms with Crippen molar-refractivity contribution in [2.75, 3.05) is 19.5 Å². The van der Waals surface area contributed by atoms with Gasteiger partial charge in [0.05, 0.1) is 25.6 Å². The van der Waals surface area contributed by atoms with E-state index in [2.05, 4.69) is 20.8 Å². The van der Waals surface area contributed by atoms with Gasteiger partial charge in [0, 0.05) is 11.6 Å². The molecule has 0 spiro atoms. The highest BCUT2D eigenvalue weighted by molar-refractivity contribution is 6.05. The van der Waals surface area contributed by atoms with Crippen molar-refractivity contribution in [2.24, 2.45) is 0 Å². The summed E-state index contributed by atoms with van der Waals surface area (Å²) in [6.07, 6.45) is 1.46. The molecule has 0 aliphatic carbocycles. The van der Waals surface area contributed by atoms with Crippen LogP contribution in [0.15, 0.2) is 48.8 Å². The number of ether oxygens (including phenoxy) is 2. The van der Waals surface area contributed by atoms with E-state index in [1.54, 1.807) is 49.6 Å². The van der Waals surface area contributed by atoms with Gasteiger partial charge in [-0.05, 0) is 40.8 Å². The minimum absolute atomic E-state index is 0.270. The maximum atomic E-state index is 12.5. The molecule has 0 aliphatic heterocycles. The van der Waals surface area contributed by atoms with Crippen LogP contribution in [0.2, 0.25) is 0 Å². The van der Waals surface area contributed by atoms with Crippen molar-refractivity contribution in [3.05, 3.63) is 54.4 Å². The highest BCUT2D eigenvalue weighted by atomic mass is 16.5. The van der Waals surface area contributed by atoms with Crippen molar-refractivity contribution in [3.63, 3.8) is 0 Å². The van der Waals surface area contributed by atoms with Crippen molar-refractivity contribution in [3.8, 4) is 17.2 Å². The third-order valence-electron chi connectivity index (χ3n) is 3.38. The molecule has 3 aromatic rings. The first-order valence-electron chi connectivity index (χ1n) is 7.08. The summed E-state index contributed by atoms with van der Waals surface area (Å²) in [4.78, 5) is 12.5. The number of nitrogens with one attached hydrogen (secondary N) is 1. The summed E-state index contributed by atoms with van der Waals surface area (Å²) < 4.78 is 11.9. The van der Waals surface area contributed by atoms with Gasteiger partial charge in [0.1, 0.15) is 17.8 Å². The van der Waals surface area contributed by atoms with Crippen LogP contribution in [0.4, 0.5) is 5.69 Å². The first-order valence-corrected chi connectivity index (χ1v) is 7.08. The van der Waals surface area contributed by atoms with Crippen molar-refractivity contribution < 1.29 is 14.3 Å². The Labute approximate surface area is 138 Å². The second-order valence-corrected chi connectivity index (χ2v) is 4.83. The standard InChI is InChI=1S/C16H15N5O3/c1-23-13-6-7-14(15(9-13)24-2)18-16(22)11-4-3-5-12(8-11)21-10-17-19-20-21/h3-10H,1-2H3,(H,18,22). The zero-order chi connectivity index (χ0) is 16.9. The first-order chi connectivity index (χ1) is 11.7. The number of aromatic nitrogens is 4. The topological polar surface area (TPSA) is 91.2 Å². The molecule has 0 saturated carbocycles. The smallest absolute Gasteiger partial charge is 0.255 e. The van der Waals surface area contributed by atoms with E-state index in [9.17, 15) is 4.79 Å². The summed E-state index contributed by atoms with van der Waals surface area (Å²) in [5, 5.41) is 13.8. The Balaban J connectivity index is 1.84. The number of anilines is 1. The van der Waals surface area contributed by atoms with Gasteiger partial charge < -0.3 is 14.8 Å². The summed E-state index contributed by atoms with van der Waals surface area (Å²) in [6, 6.07) is 12.1. The Morgan fingerprint density at radius 3 is 2.71 bits per heavy atom. The Morgan fingerprint density at radius 1 is 1.12 bits per heavy atom. The van der Waals surface area contributed by atoms with E-state index >= 15 is 0 Å². The van der Waals surface area contributed by atoms with E-state index in [1.165, 1.54) is 18.1 Å². The number of amides is 1. The summed E-state index contributed by atoms with van der Waals surface area (Å²) in [7, 11) is 3.10. The van der Waals surface area contributed by atoms with Crippen LogP contribution in [0.3, 0.4) is 0 Å². The predicted octanol–water partition coefficient (Wildman–Crippen LogP) is 1.93. The van der Waals surface area contributed by atoms with Gasteiger partial charge in [-0.2, -0.15) is 0 Å². The molecule has 8 heteroatoms. The molecule has 1 aromatic heterocycles. The molecule has 1 amide bonds. The molecular weight excluding hydrogens is 310 g/mol. The van der Waals surface area contributed by atoms with Crippen molar-refractivity contribution in [2.45, 2.75) is 0 Å². The highest BCUT2D eigenvalue weighted by Gasteiger charge is 2.12. The van der Waals surface area contributed by atoms with E-state index in [4.69, 9.17) is 9.47 Å². The molecule has 0 fully saturated rings. The average Bonchev–Trinajstić information content (AvgIpc) is 3.17. The lowest BCUT2D eigenvalue weighted by Crippen LogP contribution is -2.13. The number of nitrogens with zero attached hydrogens (tertiary/aromatic N) is 4. The van der Waals surface area contributed by atoms with Crippen molar-refractivity contribution in [1.29, 1.82) is 0 Å². The maximum Gasteiger partial charge on any atom is 0.255 e. The zero-order valence-electron chi connectivity index (χ0n) is 13.1. The number of carbonyl (C=O) groups excluding carboxylic acids is 1. The Morgan fingerprint density at radius 2 is 2.00 bits per heavy atom. The van der Waals surface area contributed by atoms with E-state index in [-0.39, 0.29) is 5.91 Å². The number of tetrazole rings is 1. The number of rotatable bonds is 5. The Kier molecular flexibility index (Phi) is 4.37. The van der Waals surface area contributed by atoms with Gasteiger partial charge in [0.25, 0.3) is 5.91 Å². The second kappa shape index (κ2) is 6.78. The molecule has 1 heterocycles. The molecule has 3 rings (SSSR count). The Hall–Kier alpha value is -3.42. The number of hydrogen-bond donors (Lipinski definition) is 1. The SMILES string of the molecule is COc1ccc(NC(=O)c2cccc(-n3cnnn3)c2)c(OC)c1. The monoisotopic (exact) mass is 325 g/mol. The molecule has 0 atom stereocenters. The van der Waals surface area contributed by atoms with Crippen LogP contribution in [0, 0.1) is 0 Å². The lowest BCUT2D eigenvalue weighted by atomic mass is 10.1. The molecule has 0 unspecified atom stereocenters. The molecule has 1 N–H and O–H groups in total. The van der Waals surface area contributed by atoms with Gasteiger partial charge >= 0.3 is 0 Å². The normalized spacial score (nSPS) is 10.2. The minimum atomic E-state index is -0.270. The van der Waals surface area contributed by atoms with Gasteiger partial charge in [-0.15, -0.1) is 5.10 Å². The lowest BCUT2D eigenvalue weighted by Gasteiger charge is -2.12. The second-order valence-electron chi connectivity index (χ2n) is 4.83. The molecule has 0 aliphatic rings. The van der Waals surface area contributed by atoms with Crippen LogP contribution in [0.5, 0.6) is 11.5 Å². The number of hydrogen-bond acceptors (Lipinski definition) is 6. The fraction of sp³-hybridized carbons (Fsp3) is 0.125. The molecule has 0 radical (unpaired) electrons. The first kappa shape index (κ1) is 15.5. The van der Waals surface area contributed by atoms with Crippen molar-refractivity contribution in [1.82, 2.24) is 20.2 Å². The van der Waals surface area contributed by atoms with Crippen LogP contribution in [0.25, 0.3) is 5.69 Å². The predicted molar refractivity (Wildman–Crippen MR) is 86.7 cm³/mol. The molecule has 0 saturated heterocycles. The summed E-state index contributed by atoms with van der Waals surface area (Å²) in [6.45, 7) is 0. The fourth-order valence-corrected chi connectivity index (χ4v) is 2.17. The van der Waals surface area contributed by atoms with Gasteiger partial charge in [-0.3, -0.25) is 4.79 Å². The van der Waals surface area contributed by atoms with Crippen LogP contribution < -0.4 is 14.8 Å². The van der Waals surface area contributed by atoms with Crippen molar-refractivity contribution >= 4 is 11.6 Å². The lowest BCUT2D eigenvalue weighted by molar-refractivity contribution is 0.102. The largest absolute Gasteiger partial charge is 0.497 e. The molecule has 24 heavy (non-hydrogen) atoms. The third-order valence-corrected chi connectivity index (χ3v) is 3.38. The maximum absolute atomic E-state index is 12.5. The van der Waals surface area contributed by atoms with E-state index in [1.807, 2.05) is 0 Å². The summed E-state index contributed by atoms with van der Waals surface area (Å²) >= 11 is 0. The van der Waals surface area contributed by atoms with E-state index in [0.717, 1.165) is 0 Å². The third kappa shape index (κ3) is 3.17. The number of methoxy groups -OCH3 is 2. The van der Waals surface area contributed by atoms with Gasteiger partial charge in [-0.1, -0.05) is 6.07 Å². The van der Waals surface area contributed by atoms with Crippen LogP contribution >= 0.6 is 0 Å². The molecule has 0 bridgehead atoms. The van der Waals surface area contributed by atoms with Crippen LogP contribution in [-0.2, 0) is 0 Å². The zero-order valence-corrected chi connectivity index (χ0v) is 13.1. The quantitative estimate of drug-likeness (QED) is 0.771. The van der Waals surface area contributed by atoms with Crippen LogP contribution in [0.1, 0.15) is 10.4 Å². The molecule has 8 nitrogen and oxygen atoms in total. The number of benzene rings is 2. The fourth-order valence-electron chi connectivity index (χ4n) is 2.17. The summed E-state index contributed by atoms with van der Waals surface area (Å²) in [5.41, 5.74) is 1.71. The molecule has 122 valence electrons. The number of carbonyl (C=O) groups is 1. The van der Waals surface area contributed by atoms with Gasteiger partial charge in [0.2, 0.25) is 0 Å².